The normalized spacial score (nSPS) is 13.8. The lowest BCUT2D eigenvalue weighted by atomic mass is 10.3. The molecule has 0 fully saturated rings. The van der Waals surface area contributed by atoms with Crippen molar-refractivity contribution in [3.63, 3.8) is 0 Å². The van der Waals surface area contributed by atoms with Gasteiger partial charge >= 0.3 is 0 Å². The van der Waals surface area contributed by atoms with Crippen LogP contribution in [0.3, 0.4) is 0 Å². The van der Waals surface area contributed by atoms with Crippen molar-refractivity contribution in [2.24, 2.45) is 0 Å². The molecule has 0 saturated carbocycles. The molecule has 19 heavy (non-hydrogen) atoms. The Balaban J connectivity index is 2.19. The van der Waals surface area contributed by atoms with Crippen molar-refractivity contribution in [1.82, 2.24) is 9.97 Å². The molecule has 0 saturated heterocycles. The predicted octanol–water partition coefficient (Wildman–Crippen LogP) is 3.74. The van der Waals surface area contributed by atoms with E-state index in [1.54, 1.807) is 18.2 Å². The van der Waals surface area contributed by atoms with E-state index in [4.69, 9.17) is 22.1 Å². The molecular weight excluding hydrogens is 300 g/mol. The summed E-state index contributed by atoms with van der Waals surface area (Å²) in [5, 5.41) is 19.9. The first-order valence-electron chi connectivity index (χ1n) is 5.09. The lowest BCUT2D eigenvalue weighted by Gasteiger charge is -2.13. The molecule has 2 heterocycles. The summed E-state index contributed by atoms with van der Waals surface area (Å²) in [5.41, 5.74) is 1.39. The van der Waals surface area contributed by atoms with Crippen LogP contribution in [0.4, 0.5) is 0 Å². The number of aromatic nitrogens is 2. The highest BCUT2D eigenvalue weighted by molar-refractivity contribution is 8.09. The van der Waals surface area contributed by atoms with E-state index in [-0.39, 0.29) is 0 Å². The molecule has 0 unspecified atom stereocenters. The molecule has 0 aliphatic carbocycles. The zero-order valence-corrected chi connectivity index (χ0v) is 11.6. The van der Waals surface area contributed by atoms with E-state index < -0.39 is 0 Å². The Morgan fingerprint density at radius 2 is 1.53 bits per heavy atom. The molecule has 0 N–H and O–H groups in total. The van der Waals surface area contributed by atoms with Gasteiger partial charge in [-0.15, -0.1) is 0 Å². The van der Waals surface area contributed by atoms with Crippen LogP contribution in [-0.2, 0) is 0 Å². The van der Waals surface area contributed by atoms with Gasteiger partial charge < -0.3 is 0 Å². The summed E-state index contributed by atoms with van der Waals surface area (Å²) in [6, 6.07) is 9.28. The van der Waals surface area contributed by atoms with Gasteiger partial charge in [0.1, 0.15) is 32.0 Å². The summed E-state index contributed by atoms with van der Waals surface area (Å²) in [6.45, 7) is 0. The maximum Gasteiger partial charge on any atom is 0.135 e. The zero-order chi connectivity index (χ0) is 13.4. The van der Waals surface area contributed by atoms with Crippen molar-refractivity contribution in [3.8, 4) is 12.1 Å². The van der Waals surface area contributed by atoms with Gasteiger partial charge in [-0.1, -0.05) is 35.1 Å². The van der Waals surface area contributed by atoms with Crippen LogP contribution in [0.2, 0.25) is 5.02 Å². The van der Waals surface area contributed by atoms with Crippen LogP contribution in [0, 0.1) is 22.7 Å². The topological polar surface area (TPSA) is 73.4 Å². The van der Waals surface area contributed by atoms with Gasteiger partial charge in [-0.25, -0.2) is 9.97 Å². The van der Waals surface area contributed by atoms with Gasteiger partial charge in [-0.05, 0) is 18.2 Å². The molecule has 0 atom stereocenters. The lowest BCUT2D eigenvalue weighted by Crippen LogP contribution is -1.97. The SMILES string of the molecule is N#CC1=C(C#N)Sc2nc3cc(Cl)ccc3nc2S1. The van der Waals surface area contributed by atoms with E-state index in [1.807, 2.05) is 12.1 Å². The van der Waals surface area contributed by atoms with Crippen molar-refractivity contribution in [1.29, 1.82) is 10.5 Å². The van der Waals surface area contributed by atoms with Crippen LogP contribution in [0.5, 0.6) is 0 Å². The molecule has 0 amide bonds. The Bertz CT molecular complexity index is 817. The van der Waals surface area contributed by atoms with Gasteiger partial charge in [0.25, 0.3) is 0 Å². The van der Waals surface area contributed by atoms with Crippen molar-refractivity contribution in [3.05, 3.63) is 33.0 Å². The lowest BCUT2D eigenvalue weighted by molar-refractivity contribution is 0.972. The van der Waals surface area contributed by atoms with Crippen LogP contribution in [0.1, 0.15) is 0 Å². The highest BCUT2D eigenvalue weighted by Gasteiger charge is 2.23. The Labute approximate surface area is 122 Å². The molecule has 0 bridgehead atoms. The van der Waals surface area contributed by atoms with Crippen LogP contribution in [-0.4, -0.2) is 9.97 Å². The second-order valence-electron chi connectivity index (χ2n) is 3.55. The number of halogens is 1. The fourth-order valence-electron chi connectivity index (χ4n) is 1.56. The largest absolute Gasteiger partial charge is 0.237 e. The van der Waals surface area contributed by atoms with Crippen LogP contribution in [0.15, 0.2) is 38.1 Å². The van der Waals surface area contributed by atoms with Crippen molar-refractivity contribution in [2.75, 3.05) is 0 Å². The van der Waals surface area contributed by atoms with Gasteiger partial charge in [-0.2, -0.15) is 10.5 Å². The minimum Gasteiger partial charge on any atom is -0.237 e. The number of benzene rings is 1. The fraction of sp³-hybridized carbons (Fsp3) is 0. The standard InChI is InChI=1S/C12H3ClN4S2/c13-6-1-2-7-8(3-6)17-12-11(16-7)18-9(4-14)10(5-15)19-12/h1-3H. The fourth-order valence-corrected chi connectivity index (χ4v) is 3.54. The Morgan fingerprint density at radius 3 is 2.11 bits per heavy atom. The molecular formula is C12H3ClN4S2. The quantitative estimate of drug-likeness (QED) is 0.738. The maximum absolute atomic E-state index is 9.01. The molecule has 7 heteroatoms. The first-order valence-corrected chi connectivity index (χ1v) is 7.10. The van der Waals surface area contributed by atoms with E-state index in [0.717, 1.165) is 0 Å². The molecule has 2 aromatic rings. The average molecular weight is 303 g/mol. The maximum atomic E-state index is 9.01. The summed E-state index contributed by atoms with van der Waals surface area (Å²) in [4.78, 5) is 9.61. The number of nitrogens with zero attached hydrogens (tertiary/aromatic N) is 4. The van der Waals surface area contributed by atoms with Crippen molar-refractivity contribution >= 4 is 46.2 Å². The summed E-state index contributed by atoms with van der Waals surface area (Å²) in [5.74, 6) is 0. The zero-order valence-electron chi connectivity index (χ0n) is 9.22. The molecule has 1 aliphatic heterocycles. The predicted molar refractivity (Wildman–Crippen MR) is 74.5 cm³/mol. The van der Waals surface area contributed by atoms with Gasteiger partial charge in [0, 0.05) is 5.02 Å². The Hall–Kier alpha value is -1.73. The molecule has 1 aromatic heterocycles. The highest BCUT2D eigenvalue weighted by Crippen LogP contribution is 2.44. The molecule has 3 rings (SSSR count). The Kier molecular flexibility index (Phi) is 3.08. The third-order valence-electron chi connectivity index (χ3n) is 2.37. The van der Waals surface area contributed by atoms with E-state index in [9.17, 15) is 0 Å². The smallest absolute Gasteiger partial charge is 0.135 e. The van der Waals surface area contributed by atoms with Crippen molar-refractivity contribution < 1.29 is 0 Å². The number of nitriles is 2. The first kappa shape index (κ1) is 12.3. The van der Waals surface area contributed by atoms with E-state index >= 15 is 0 Å². The monoisotopic (exact) mass is 302 g/mol. The number of rotatable bonds is 0. The van der Waals surface area contributed by atoms with Gasteiger partial charge in [0.05, 0.1) is 11.0 Å². The van der Waals surface area contributed by atoms with Gasteiger partial charge in [0.15, 0.2) is 0 Å². The second kappa shape index (κ2) is 4.75. The third kappa shape index (κ3) is 2.15. The summed E-state index contributed by atoms with van der Waals surface area (Å²) >= 11 is 8.27. The number of allylic oxidation sites excluding steroid dienone is 2. The highest BCUT2D eigenvalue weighted by atomic mass is 35.5. The van der Waals surface area contributed by atoms with Gasteiger partial charge in [-0.3, -0.25) is 0 Å². The summed E-state index contributed by atoms with van der Waals surface area (Å²) in [6.07, 6.45) is 0. The minimum absolute atomic E-state index is 0.357. The summed E-state index contributed by atoms with van der Waals surface area (Å²) in [7, 11) is 0. The third-order valence-corrected chi connectivity index (χ3v) is 4.82. The number of hydrogen-bond donors (Lipinski definition) is 0. The van der Waals surface area contributed by atoms with E-state index in [1.165, 1.54) is 23.5 Å². The van der Waals surface area contributed by atoms with Crippen LogP contribution >= 0.6 is 35.1 Å². The molecule has 4 nitrogen and oxygen atoms in total. The Morgan fingerprint density at radius 1 is 0.947 bits per heavy atom. The van der Waals surface area contributed by atoms with Gasteiger partial charge in [0.2, 0.25) is 0 Å². The van der Waals surface area contributed by atoms with Crippen LogP contribution < -0.4 is 0 Å². The van der Waals surface area contributed by atoms with Crippen LogP contribution in [0.25, 0.3) is 11.0 Å². The first-order chi connectivity index (χ1) is 9.21. The number of fused-ring (bicyclic) bond motifs is 2. The summed E-state index contributed by atoms with van der Waals surface area (Å²) < 4.78 is 0. The van der Waals surface area contributed by atoms with Crippen molar-refractivity contribution in [2.45, 2.75) is 10.1 Å². The average Bonchev–Trinajstić information content (AvgIpc) is 2.43. The number of thioether (sulfide) groups is 2. The second-order valence-corrected chi connectivity index (χ2v) is 5.99. The molecule has 1 aliphatic rings. The number of hydrogen-bond acceptors (Lipinski definition) is 6. The molecule has 1 aromatic carbocycles. The molecule has 90 valence electrons. The molecule has 0 spiro atoms. The minimum atomic E-state index is 0.357. The van der Waals surface area contributed by atoms with E-state index in [2.05, 4.69) is 9.97 Å². The van der Waals surface area contributed by atoms with E-state index in [0.29, 0.717) is 35.9 Å². The molecule has 0 radical (unpaired) electrons.